The third-order valence-corrected chi connectivity index (χ3v) is 3.76. The highest BCUT2D eigenvalue weighted by atomic mass is 16.4. The third kappa shape index (κ3) is 2.92. The van der Waals surface area contributed by atoms with Gasteiger partial charge in [0.05, 0.1) is 6.54 Å². The number of carboxylic acids is 1. The Kier molecular flexibility index (Phi) is 4.27. The molecule has 0 radical (unpaired) electrons. The molecule has 0 aliphatic carbocycles. The highest BCUT2D eigenvalue weighted by Crippen LogP contribution is 2.21. The van der Waals surface area contributed by atoms with Crippen molar-refractivity contribution in [3.63, 3.8) is 0 Å². The van der Waals surface area contributed by atoms with Crippen LogP contribution in [0.3, 0.4) is 0 Å². The lowest BCUT2D eigenvalue weighted by molar-refractivity contribution is -0.147. The summed E-state index contributed by atoms with van der Waals surface area (Å²) in [5.41, 5.74) is 3.11. The van der Waals surface area contributed by atoms with Crippen molar-refractivity contribution in [3.05, 3.63) is 29.3 Å². The minimum Gasteiger partial charge on any atom is -0.480 e. The lowest BCUT2D eigenvalue weighted by atomic mass is 10.1. The van der Waals surface area contributed by atoms with Crippen molar-refractivity contribution in [2.24, 2.45) is 0 Å². The van der Waals surface area contributed by atoms with Gasteiger partial charge in [0.15, 0.2) is 0 Å². The van der Waals surface area contributed by atoms with Crippen LogP contribution in [0, 0.1) is 13.8 Å². The quantitative estimate of drug-likeness (QED) is 0.879. The van der Waals surface area contributed by atoms with Crippen molar-refractivity contribution in [3.8, 4) is 0 Å². The number of benzene rings is 1. The number of rotatable bonds is 4. The van der Waals surface area contributed by atoms with Crippen LogP contribution in [0.2, 0.25) is 0 Å². The molecule has 0 unspecified atom stereocenters. The van der Waals surface area contributed by atoms with E-state index >= 15 is 0 Å². The minimum absolute atomic E-state index is 0.134. The second-order valence-electron chi connectivity index (χ2n) is 5.20. The Labute approximate surface area is 118 Å². The van der Waals surface area contributed by atoms with E-state index < -0.39 is 12.0 Å². The van der Waals surface area contributed by atoms with E-state index in [9.17, 15) is 9.59 Å². The molecule has 1 aliphatic rings. The van der Waals surface area contributed by atoms with Crippen molar-refractivity contribution in [1.29, 1.82) is 0 Å². The summed E-state index contributed by atoms with van der Waals surface area (Å²) in [5, 5.41) is 12.2. The Bertz CT molecular complexity index is 508. The number of carbonyl (C=O) groups excluding carboxylic acids is 1. The highest BCUT2D eigenvalue weighted by Gasteiger charge is 2.33. The SMILES string of the molecule is Cc1cccc(C)c1NCC(=O)N1CCC[C@@H]1C(=O)O. The van der Waals surface area contributed by atoms with Crippen LogP contribution in [0.1, 0.15) is 24.0 Å². The summed E-state index contributed by atoms with van der Waals surface area (Å²) in [6.45, 7) is 4.63. The zero-order chi connectivity index (χ0) is 14.7. The predicted octanol–water partition coefficient (Wildman–Crippen LogP) is 1.79. The monoisotopic (exact) mass is 276 g/mol. The Morgan fingerprint density at radius 1 is 1.35 bits per heavy atom. The average Bonchev–Trinajstić information content (AvgIpc) is 2.87. The van der Waals surface area contributed by atoms with Crippen LogP contribution in [0.4, 0.5) is 5.69 Å². The fraction of sp³-hybridized carbons (Fsp3) is 0.467. The number of para-hydroxylation sites is 1. The summed E-state index contributed by atoms with van der Waals surface area (Å²) in [7, 11) is 0. The molecule has 1 amide bonds. The number of likely N-dealkylation sites (tertiary alicyclic amines) is 1. The van der Waals surface area contributed by atoms with E-state index in [-0.39, 0.29) is 12.5 Å². The number of carbonyl (C=O) groups is 2. The van der Waals surface area contributed by atoms with Gasteiger partial charge in [-0.05, 0) is 37.8 Å². The maximum Gasteiger partial charge on any atom is 0.326 e. The van der Waals surface area contributed by atoms with E-state index in [1.54, 1.807) is 0 Å². The molecule has 108 valence electrons. The first-order valence-corrected chi connectivity index (χ1v) is 6.83. The fourth-order valence-electron chi connectivity index (χ4n) is 2.68. The van der Waals surface area contributed by atoms with Gasteiger partial charge < -0.3 is 15.3 Å². The van der Waals surface area contributed by atoms with Gasteiger partial charge in [-0.1, -0.05) is 18.2 Å². The topological polar surface area (TPSA) is 69.6 Å². The number of carboxylic acid groups (broad SMARTS) is 1. The summed E-state index contributed by atoms with van der Waals surface area (Å²) in [6, 6.07) is 5.27. The molecule has 0 bridgehead atoms. The normalized spacial score (nSPS) is 18.1. The molecule has 1 aliphatic heterocycles. The first kappa shape index (κ1) is 14.4. The van der Waals surface area contributed by atoms with Crippen LogP contribution < -0.4 is 5.32 Å². The summed E-state index contributed by atoms with van der Waals surface area (Å²) < 4.78 is 0. The minimum atomic E-state index is -0.914. The van der Waals surface area contributed by atoms with Crippen LogP contribution in [-0.2, 0) is 9.59 Å². The van der Waals surface area contributed by atoms with E-state index in [1.165, 1.54) is 4.90 Å². The van der Waals surface area contributed by atoms with Crippen molar-refractivity contribution in [1.82, 2.24) is 4.90 Å². The van der Waals surface area contributed by atoms with Crippen LogP contribution >= 0.6 is 0 Å². The molecular weight excluding hydrogens is 256 g/mol. The molecule has 5 heteroatoms. The summed E-state index contributed by atoms with van der Waals surface area (Å²) in [5.74, 6) is -1.07. The summed E-state index contributed by atoms with van der Waals surface area (Å²) in [4.78, 5) is 24.7. The molecular formula is C15H20N2O3. The standard InChI is InChI=1S/C15H20N2O3/c1-10-5-3-6-11(2)14(10)16-9-13(18)17-8-4-7-12(17)15(19)20/h3,5-6,12,16H,4,7-9H2,1-2H3,(H,19,20)/t12-/m1/s1. The van der Waals surface area contributed by atoms with Gasteiger partial charge in [0.25, 0.3) is 0 Å². The van der Waals surface area contributed by atoms with Gasteiger partial charge in [-0.15, -0.1) is 0 Å². The first-order valence-electron chi connectivity index (χ1n) is 6.83. The number of anilines is 1. The van der Waals surface area contributed by atoms with E-state index in [2.05, 4.69) is 5.32 Å². The van der Waals surface area contributed by atoms with Gasteiger partial charge in [-0.3, -0.25) is 4.79 Å². The summed E-state index contributed by atoms with van der Waals surface area (Å²) in [6.07, 6.45) is 1.30. The van der Waals surface area contributed by atoms with E-state index in [0.717, 1.165) is 23.2 Å². The molecule has 0 spiro atoms. The van der Waals surface area contributed by atoms with Gasteiger partial charge in [0, 0.05) is 12.2 Å². The molecule has 5 nitrogen and oxygen atoms in total. The number of nitrogens with one attached hydrogen (secondary N) is 1. The van der Waals surface area contributed by atoms with Crippen LogP contribution in [0.25, 0.3) is 0 Å². The number of hydrogen-bond acceptors (Lipinski definition) is 3. The largest absolute Gasteiger partial charge is 0.480 e. The van der Waals surface area contributed by atoms with Crippen molar-refractivity contribution >= 4 is 17.6 Å². The van der Waals surface area contributed by atoms with Gasteiger partial charge in [0.2, 0.25) is 5.91 Å². The lowest BCUT2D eigenvalue weighted by Crippen LogP contribution is -2.43. The molecule has 1 heterocycles. The molecule has 0 saturated carbocycles. The second kappa shape index (κ2) is 5.94. The number of nitrogens with zero attached hydrogens (tertiary/aromatic N) is 1. The maximum absolute atomic E-state index is 12.2. The Morgan fingerprint density at radius 3 is 2.60 bits per heavy atom. The zero-order valence-corrected chi connectivity index (χ0v) is 11.8. The second-order valence-corrected chi connectivity index (χ2v) is 5.20. The Balaban J connectivity index is 2.00. The van der Waals surface area contributed by atoms with E-state index in [0.29, 0.717) is 13.0 Å². The van der Waals surface area contributed by atoms with Gasteiger partial charge >= 0.3 is 5.97 Å². The Hall–Kier alpha value is -2.04. The van der Waals surface area contributed by atoms with Crippen molar-refractivity contribution < 1.29 is 14.7 Å². The maximum atomic E-state index is 12.2. The molecule has 1 aromatic rings. The van der Waals surface area contributed by atoms with Gasteiger partial charge in [0.1, 0.15) is 6.04 Å². The zero-order valence-electron chi connectivity index (χ0n) is 11.8. The summed E-state index contributed by atoms with van der Waals surface area (Å²) >= 11 is 0. The molecule has 20 heavy (non-hydrogen) atoms. The van der Waals surface area contributed by atoms with Gasteiger partial charge in [-0.2, -0.15) is 0 Å². The molecule has 1 atom stereocenters. The van der Waals surface area contributed by atoms with Gasteiger partial charge in [-0.25, -0.2) is 4.79 Å². The number of amides is 1. The number of aliphatic carboxylic acids is 1. The van der Waals surface area contributed by atoms with Crippen LogP contribution in [0.5, 0.6) is 0 Å². The van der Waals surface area contributed by atoms with Crippen molar-refractivity contribution in [2.45, 2.75) is 32.7 Å². The molecule has 0 aromatic heterocycles. The number of hydrogen-bond donors (Lipinski definition) is 2. The third-order valence-electron chi connectivity index (χ3n) is 3.76. The fourth-order valence-corrected chi connectivity index (χ4v) is 2.68. The smallest absolute Gasteiger partial charge is 0.326 e. The lowest BCUT2D eigenvalue weighted by Gasteiger charge is -2.22. The molecule has 2 N–H and O–H groups in total. The molecule has 1 saturated heterocycles. The molecule has 1 aromatic carbocycles. The van der Waals surface area contributed by atoms with E-state index in [1.807, 2.05) is 32.0 Å². The van der Waals surface area contributed by atoms with E-state index in [4.69, 9.17) is 5.11 Å². The number of aryl methyl sites for hydroxylation is 2. The Morgan fingerprint density at radius 2 is 2.00 bits per heavy atom. The van der Waals surface area contributed by atoms with Crippen LogP contribution in [0.15, 0.2) is 18.2 Å². The average molecular weight is 276 g/mol. The van der Waals surface area contributed by atoms with Crippen LogP contribution in [-0.4, -0.2) is 41.0 Å². The molecule has 2 rings (SSSR count). The highest BCUT2D eigenvalue weighted by molar-refractivity contribution is 5.87. The van der Waals surface area contributed by atoms with Crippen molar-refractivity contribution in [2.75, 3.05) is 18.4 Å². The molecule has 1 fully saturated rings. The first-order chi connectivity index (χ1) is 9.50. The predicted molar refractivity (Wildman–Crippen MR) is 76.8 cm³/mol.